The Morgan fingerprint density at radius 1 is 0.931 bits per heavy atom. The van der Waals surface area contributed by atoms with Gasteiger partial charge < -0.3 is 10.2 Å². The second-order valence-electron chi connectivity index (χ2n) is 8.62. The Kier molecular flexibility index (Phi) is 6.47. The molecule has 1 saturated heterocycles. The Labute approximate surface area is 173 Å². The van der Waals surface area contributed by atoms with E-state index in [1.54, 1.807) is 0 Å². The number of nitrogens with one attached hydrogen (secondary N) is 2. The summed E-state index contributed by atoms with van der Waals surface area (Å²) in [5.74, 6) is -0.621. The number of amides is 2. The lowest BCUT2D eigenvalue weighted by molar-refractivity contribution is -0.125. The number of para-hydroxylation sites is 1. The predicted octanol–water partition coefficient (Wildman–Crippen LogP) is 3.69. The second kappa shape index (κ2) is 9.42. The fraction of sp³-hybridized carbons (Fsp3) is 0.609. The lowest BCUT2D eigenvalue weighted by atomic mass is 9.94. The molecule has 3 aliphatic rings. The van der Waals surface area contributed by atoms with Crippen LogP contribution in [0.25, 0.3) is 0 Å². The number of rotatable bonds is 5. The van der Waals surface area contributed by atoms with Crippen molar-refractivity contribution in [3.8, 4) is 0 Å². The molecule has 1 heterocycles. The van der Waals surface area contributed by atoms with Gasteiger partial charge in [-0.25, -0.2) is 0 Å². The first-order chi connectivity index (χ1) is 14.2. The summed E-state index contributed by atoms with van der Waals surface area (Å²) in [6.07, 6.45) is 11.3. The maximum Gasteiger partial charge on any atom is 0.271 e. The monoisotopic (exact) mass is 396 g/mol. The van der Waals surface area contributed by atoms with Gasteiger partial charge in [0.15, 0.2) is 0 Å². The van der Waals surface area contributed by atoms with E-state index in [9.17, 15) is 9.59 Å². The van der Waals surface area contributed by atoms with E-state index in [0.717, 1.165) is 44.2 Å². The van der Waals surface area contributed by atoms with E-state index >= 15 is 0 Å². The predicted molar refractivity (Wildman–Crippen MR) is 115 cm³/mol. The molecule has 2 N–H and O–H groups in total. The van der Waals surface area contributed by atoms with Gasteiger partial charge in [0, 0.05) is 18.6 Å². The number of anilines is 1. The van der Waals surface area contributed by atoms with Gasteiger partial charge in [0.1, 0.15) is 11.6 Å². The highest BCUT2D eigenvalue weighted by Crippen LogP contribution is 2.28. The van der Waals surface area contributed by atoms with E-state index in [-0.39, 0.29) is 23.9 Å². The average molecular weight is 397 g/mol. The lowest BCUT2D eigenvalue weighted by Gasteiger charge is -2.31. The minimum absolute atomic E-state index is 0.0443. The molecule has 1 aromatic rings. The maximum atomic E-state index is 13.2. The first-order valence-electron chi connectivity index (χ1n) is 11.2. The molecule has 4 rings (SSSR count). The smallest absolute Gasteiger partial charge is 0.271 e. The van der Waals surface area contributed by atoms with Crippen molar-refractivity contribution in [2.24, 2.45) is 11.0 Å². The van der Waals surface area contributed by atoms with Crippen LogP contribution in [-0.4, -0.2) is 41.1 Å². The molecule has 1 atom stereocenters. The van der Waals surface area contributed by atoms with Crippen molar-refractivity contribution in [2.75, 3.05) is 12.0 Å². The first kappa shape index (κ1) is 19.9. The quantitative estimate of drug-likeness (QED) is 0.746. The van der Waals surface area contributed by atoms with Crippen LogP contribution in [0.2, 0.25) is 0 Å². The van der Waals surface area contributed by atoms with Crippen LogP contribution in [0.5, 0.6) is 0 Å². The standard InChI is InChI=1S/C23H32N4O2/c28-22(24-17-10-4-1-5-11-17)20-16-27(19-14-8-3-9-15-19)23(29)21(20)26-25-18-12-6-2-7-13-18/h2,6-7,12-13,17,19-20,25H,1,3-5,8-11,14-16H2,(H,24,28)/b26-21-. The Hall–Kier alpha value is -2.37. The molecule has 0 aromatic heterocycles. The molecule has 2 amide bonds. The molecule has 0 radical (unpaired) electrons. The van der Waals surface area contributed by atoms with E-state index in [0.29, 0.717) is 12.3 Å². The van der Waals surface area contributed by atoms with Crippen LogP contribution < -0.4 is 10.7 Å². The van der Waals surface area contributed by atoms with E-state index < -0.39 is 5.92 Å². The third kappa shape index (κ3) is 4.80. The van der Waals surface area contributed by atoms with E-state index in [1.165, 1.54) is 25.7 Å². The molecular formula is C23H32N4O2. The summed E-state index contributed by atoms with van der Waals surface area (Å²) in [4.78, 5) is 28.2. The van der Waals surface area contributed by atoms with Crippen molar-refractivity contribution in [1.29, 1.82) is 0 Å². The molecule has 2 saturated carbocycles. The Balaban J connectivity index is 1.51. The van der Waals surface area contributed by atoms with Gasteiger partial charge in [-0.2, -0.15) is 5.10 Å². The molecule has 156 valence electrons. The first-order valence-corrected chi connectivity index (χ1v) is 11.2. The largest absolute Gasteiger partial charge is 0.353 e. The Morgan fingerprint density at radius 2 is 1.59 bits per heavy atom. The number of nitrogens with zero attached hydrogens (tertiary/aromatic N) is 2. The molecule has 0 bridgehead atoms. The molecule has 1 aliphatic heterocycles. The van der Waals surface area contributed by atoms with Crippen LogP contribution in [0, 0.1) is 5.92 Å². The molecular weight excluding hydrogens is 364 g/mol. The molecule has 2 aliphatic carbocycles. The molecule has 29 heavy (non-hydrogen) atoms. The van der Waals surface area contributed by atoms with Gasteiger partial charge in [0.25, 0.3) is 5.91 Å². The third-order valence-electron chi connectivity index (χ3n) is 6.55. The molecule has 3 fully saturated rings. The molecule has 0 spiro atoms. The van der Waals surface area contributed by atoms with E-state index in [4.69, 9.17) is 0 Å². The highest BCUT2D eigenvalue weighted by Gasteiger charge is 2.44. The zero-order chi connectivity index (χ0) is 20.1. The summed E-state index contributed by atoms with van der Waals surface area (Å²) < 4.78 is 0. The van der Waals surface area contributed by atoms with Crippen LogP contribution in [0.1, 0.15) is 64.2 Å². The Morgan fingerprint density at radius 3 is 2.28 bits per heavy atom. The summed E-state index contributed by atoms with van der Waals surface area (Å²) in [6, 6.07) is 10.0. The van der Waals surface area contributed by atoms with Crippen LogP contribution in [0.15, 0.2) is 35.4 Å². The number of benzene rings is 1. The number of carbonyl (C=O) groups is 2. The number of hydrazone groups is 1. The van der Waals surface area contributed by atoms with Crippen LogP contribution in [-0.2, 0) is 9.59 Å². The highest BCUT2D eigenvalue weighted by molar-refractivity contribution is 6.45. The SMILES string of the molecule is O=C(NC1CCCCC1)C1CN(C2CCCCC2)C(=O)/C1=N\Nc1ccccc1. The number of carbonyl (C=O) groups excluding carboxylic acids is 2. The van der Waals surface area contributed by atoms with Crippen molar-refractivity contribution >= 4 is 23.2 Å². The van der Waals surface area contributed by atoms with Gasteiger partial charge in [0.05, 0.1) is 5.69 Å². The van der Waals surface area contributed by atoms with Crippen LogP contribution in [0.4, 0.5) is 5.69 Å². The summed E-state index contributed by atoms with van der Waals surface area (Å²) >= 11 is 0. The van der Waals surface area contributed by atoms with E-state index in [1.807, 2.05) is 35.2 Å². The van der Waals surface area contributed by atoms with Gasteiger partial charge in [-0.15, -0.1) is 0 Å². The Bertz CT molecular complexity index is 737. The lowest BCUT2D eigenvalue weighted by Crippen LogP contribution is -2.43. The fourth-order valence-electron chi connectivity index (χ4n) is 4.89. The third-order valence-corrected chi connectivity index (χ3v) is 6.55. The van der Waals surface area contributed by atoms with Crippen molar-refractivity contribution in [3.05, 3.63) is 30.3 Å². The normalized spacial score (nSPS) is 25.4. The van der Waals surface area contributed by atoms with Crippen molar-refractivity contribution in [2.45, 2.75) is 76.3 Å². The van der Waals surface area contributed by atoms with Crippen LogP contribution in [0.3, 0.4) is 0 Å². The summed E-state index contributed by atoms with van der Waals surface area (Å²) in [5.41, 5.74) is 4.16. The summed E-state index contributed by atoms with van der Waals surface area (Å²) in [6.45, 7) is 0.456. The van der Waals surface area contributed by atoms with Gasteiger partial charge in [-0.1, -0.05) is 56.7 Å². The van der Waals surface area contributed by atoms with Gasteiger partial charge in [0.2, 0.25) is 5.91 Å². The second-order valence-corrected chi connectivity index (χ2v) is 8.62. The highest BCUT2D eigenvalue weighted by atomic mass is 16.2. The van der Waals surface area contributed by atoms with Gasteiger partial charge in [-0.05, 0) is 37.8 Å². The fourth-order valence-corrected chi connectivity index (χ4v) is 4.89. The average Bonchev–Trinajstić information content (AvgIpc) is 3.11. The van der Waals surface area contributed by atoms with E-state index in [2.05, 4.69) is 15.8 Å². The van der Waals surface area contributed by atoms with Crippen molar-refractivity contribution < 1.29 is 9.59 Å². The summed E-state index contributed by atoms with van der Waals surface area (Å²) in [5, 5.41) is 7.64. The minimum atomic E-state index is -0.498. The molecule has 6 heteroatoms. The molecule has 1 aromatic carbocycles. The van der Waals surface area contributed by atoms with Crippen molar-refractivity contribution in [3.63, 3.8) is 0 Å². The zero-order valence-corrected chi connectivity index (χ0v) is 17.1. The van der Waals surface area contributed by atoms with Gasteiger partial charge >= 0.3 is 0 Å². The van der Waals surface area contributed by atoms with Crippen LogP contribution >= 0.6 is 0 Å². The van der Waals surface area contributed by atoms with Gasteiger partial charge in [-0.3, -0.25) is 15.0 Å². The topological polar surface area (TPSA) is 73.8 Å². The number of likely N-dealkylation sites (tertiary alicyclic amines) is 1. The summed E-state index contributed by atoms with van der Waals surface area (Å²) in [7, 11) is 0. The number of hydrogen-bond donors (Lipinski definition) is 2. The van der Waals surface area contributed by atoms with Crippen molar-refractivity contribution in [1.82, 2.24) is 10.2 Å². The maximum absolute atomic E-state index is 13.2. The minimum Gasteiger partial charge on any atom is -0.353 e. The number of hydrogen-bond acceptors (Lipinski definition) is 4. The zero-order valence-electron chi connectivity index (χ0n) is 17.1. The molecule has 1 unspecified atom stereocenters. The molecule has 6 nitrogen and oxygen atoms in total.